The minimum absolute atomic E-state index is 0.241. The third-order valence-corrected chi connectivity index (χ3v) is 10.4. The molecule has 1 heterocycles. The molecule has 4 aliphatic carbocycles. The number of ketones is 1. The number of H-pyrrole nitrogens is 1. The van der Waals surface area contributed by atoms with Crippen LogP contribution in [0.2, 0.25) is 0 Å². The number of hydrogen-bond donors (Lipinski definition) is 2. The molecule has 4 aliphatic rings. The van der Waals surface area contributed by atoms with E-state index in [1.54, 1.807) is 6.20 Å². The van der Waals surface area contributed by atoms with Crippen molar-refractivity contribution in [3.63, 3.8) is 0 Å². The van der Waals surface area contributed by atoms with Crippen LogP contribution in [0.3, 0.4) is 0 Å². The summed E-state index contributed by atoms with van der Waals surface area (Å²) in [4.78, 5) is 19.9. The first-order valence-corrected chi connectivity index (χ1v) is 12.0. The molecule has 0 saturated heterocycles. The van der Waals surface area contributed by atoms with Gasteiger partial charge in [-0.05, 0) is 99.2 Å². The van der Waals surface area contributed by atoms with Crippen LogP contribution in [0.4, 0.5) is 0 Å². The van der Waals surface area contributed by atoms with Gasteiger partial charge in [0.1, 0.15) is 11.6 Å². The number of carbonyl (C=O) groups excluding carboxylic acids is 1. The molecule has 160 valence electrons. The second kappa shape index (κ2) is 6.67. The molecule has 4 nitrogen and oxygen atoms in total. The summed E-state index contributed by atoms with van der Waals surface area (Å²) in [5, 5.41) is 11.4. The predicted octanol–water partition coefficient (Wildman–Crippen LogP) is 4.93. The third-order valence-electron chi connectivity index (χ3n) is 10.4. The van der Waals surface area contributed by atoms with Crippen molar-refractivity contribution in [3.8, 4) is 0 Å². The Morgan fingerprint density at radius 3 is 2.62 bits per heavy atom. The van der Waals surface area contributed by atoms with Gasteiger partial charge >= 0.3 is 0 Å². The van der Waals surface area contributed by atoms with Gasteiger partial charge in [-0.15, -0.1) is 0 Å². The Hall–Kier alpha value is -1.16. The quantitative estimate of drug-likeness (QED) is 0.758. The van der Waals surface area contributed by atoms with Crippen molar-refractivity contribution >= 4 is 5.78 Å². The van der Waals surface area contributed by atoms with Gasteiger partial charge in [-0.25, -0.2) is 4.98 Å². The molecule has 0 spiro atoms. The van der Waals surface area contributed by atoms with E-state index in [0.717, 1.165) is 49.3 Å². The van der Waals surface area contributed by atoms with Crippen molar-refractivity contribution in [2.24, 2.45) is 40.4 Å². The van der Waals surface area contributed by atoms with Crippen LogP contribution in [0.5, 0.6) is 0 Å². The summed E-state index contributed by atoms with van der Waals surface area (Å²) in [7, 11) is 0. The molecular formula is C25H38N2O2. The number of aromatic nitrogens is 2. The number of nitrogens with one attached hydrogen (secondary N) is 1. The number of imidazole rings is 1. The van der Waals surface area contributed by atoms with Crippen LogP contribution in [-0.4, -0.2) is 26.5 Å². The molecule has 8 atom stereocenters. The fourth-order valence-corrected chi connectivity index (χ4v) is 8.86. The molecule has 1 aromatic rings. The van der Waals surface area contributed by atoms with Crippen molar-refractivity contribution in [2.45, 2.75) is 90.6 Å². The van der Waals surface area contributed by atoms with Gasteiger partial charge in [-0.2, -0.15) is 0 Å². The van der Waals surface area contributed by atoms with E-state index in [4.69, 9.17) is 0 Å². The van der Waals surface area contributed by atoms with Gasteiger partial charge in [-0.3, -0.25) is 4.79 Å². The molecule has 0 radical (unpaired) electrons. The lowest BCUT2D eigenvalue weighted by atomic mass is 9.43. The molecule has 4 heteroatoms. The molecule has 4 saturated carbocycles. The van der Waals surface area contributed by atoms with Crippen molar-refractivity contribution < 1.29 is 9.90 Å². The van der Waals surface area contributed by atoms with Crippen molar-refractivity contribution in [2.75, 3.05) is 0 Å². The highest BCUT2D eigenvalue weighted by Crippen LogP contribution is 2.68. The number of Topliss-reactive ketones (excluding diaryl/α,β-unsaturated/α-hetero) is 1. The van der Waals surface area contributed by atoms with Crippen LogP contribution in [0.15, 0.2) is 12.4 Å². The maximum absolute atomic E-state index is 12.3. The summed E-state index contributed by atoms with van der Waals surface area (Å²) in [6.07, 6.45) is 14.7. The smallest absolute Gasteiger partial charge is 0.133 e. The average molecular weight is 399 g/mol. The number of nitrogens with zero attached hydrogens (tertiary/aromatic N) is 1. The lowest BCUT2D eigenvalue weighted by Crippen LogP contribution is -2.56. The highest BCUT2D eigenvalue weighted by Gasteiger charge is 2.61. The maximum atomic E-state index is 12.3. The summed E-state index contributed by atoms with van der Waals surface area (Å²) >= 11 is 0. The molecule has 0 aromatic carbocycles. The van der Waals surface area contributed by atoms with Crippen molar-refractivity contribution in [1.29, 1.82) is 0 Å². The minimum Gasteiger partial charge on any atom is -0.389 e. The normalized spacial score (nSPS) is 49.2. The van der Waals surface area contributed by atoms with Gasteiger partial charge in [0.2, 0.25) is 0 Å². The topological polar surface area (TPSA) is 66.0 Å². The zero-order chi connectivity index (χ0) is 20.4. The number of carbonyl (C=O) groups is 1. The molecule has 0 bridgehead atoms. The molecule has 5 rings (SSSR count). The van der Waals surface area contributed by atoms with Crippen LogP contribution in [0.1, 0.15) is 84.4 Å². The Labute approximate surface area is 175 Å². The zero-order valence-electron chi connectivity index (χ0n) is 18.4. The van der Waals surface area contributed by atoms with E-state index in [2.05, 4.69) is 23.8 Å². The highest BCUT2D eigenvalue weighted by molar-refractivity contribution is 5.79. The van der Waals surface area contributed by atoms with E-state index >= 15 is 0 Å². The standard InChI is InChI=1S/C25H38N2O2/c1-16(28)19-6-7-20-18-5-4-17-14-25(29,15-22-26-12-13-27-22)11-10-23(17,2)21(18)8-9-24(19,20)3/h12-13,17-21,29H,4-11,14-15H2,1-3H3,(H,26,27)/t17?,18-,19+,20-,21-,23-,24+,25+/m0/s1. The molecule has 0 amide bonds. The van der Waals surface area contributed by atoms with E-state index < -0.39 is 5.60 Å². The second-order valence-corrected chi connectivity index (χ2v) is 11.6. The van der Waals surface area contributed by atoms with Crippen LogP contribution in [0, 0.1) is 40.4 Å². The Bertz CT molecular complexity index is 776. The van der Waals surface area contributed by atoms with E-state index in [0.29, 0.717) is 29.5 Å². The Balaban J connectivity index is 1.35. The first kappa shape index (κ1) is 19.8. The number of fused-ring (bicyclic) bond motifs is 5. The summed E-state index contributed by atoms with van der Waals surface area (Å²) in [6, 6.07) is 0. The molecule has 1 aromatic heterocycles. The van der Waals surface area contributed by atoms with Gasteiger partial charge in [0, 0.05) is 24.7 Å². The summed E-state index contributed by atoms with van der Waals surface area (Å²) in [6.45, 7) is 6.80. The van der Waals surface area contributed by atoms with Crippen LogP contribution in [0.25, 0.3) is 0 Å². The van der Waals surface area contributed by atoms with Gasteiger partial charge in [0.25, 0.3) is 0 Å². The van der Waals surface area contributed by atoms with Crippen molar-refractivity contribution in [3.05, 3.63) is 18.2 Å². The molecule has 4 fully saturated rings. The lowest BCUT2D eigenvalue weighted by molar-refractivity contribution is -0.153. The molecule has 1 unspecified atom stereocenters. The van der Waals surface area contributed by atoms with Gasteiger partial charge < -0.3 is 10.1 Å². The van der Waals surface area contributed by atoms with Crippen LogP contribution >= 0.6 is 0 Å². The molecule has 2 N–H and O–H groups in total. The number of aromatic amines is 1. The summed E-state index contributed by atoms with van der Waals surface area (Å²) in [5.41, 5.74) is -0.00995. The van der Waals surface area contributed by atoms with E-state index in [-0.39, 0.29) is 5.41 Å². The van der Waals surface area contributed by atoms with Crippen LogP contribution in [-0.2, 0) is 11.2 Å². The highest BCUT2D eigenvalue weighted by atomic mass is 16.3. The van der Waals surface area contributed by atoms with E-state index in [9.17, 15) is 9.90 Å². The minimum atomic E-state index is -0.606. The molecule has 29 heavy (non-hydrogen) atoms. The Morgan fingerprint density at radius 1 is 1.10 bits per heavy atom. The zero-order valence-corrected chi connectivity index (χ0v) is 18.4. The SMILES string of the molecule is CC(=O)[C@H]1CC[C@H]2[C@@H]3CCC4C[C@@](O)(Cc5ncc[nH]5)CC[C@]4(C)[C@H]3CC[C@]12C. The first-order valence-electron chi connectivity index (χ1n) is 12.0. The fourth-order valence-electron chi connectivity index (χ4n) is 8.86. The van der Waals surface area contributed by atoms with Gasteiger partial charge in [0.05, 0.1) is 5.60 Å². The van der Waals surface area contributed by atoms with Gasteiger partial charge in [-0.1, -0.05) is 13.8 Å². The second-order valence-electron chi connectivity index (χ2n) is 11.6. The fraction of sp³-hybridized carbons (Fsp3) is 0.840. The maximum Gasteiger partial charge on any atom is 0.133 e. The number of hydrogen-bond acceptors (Lipinski definition) is 3. The summed E-state index contributed by atoms with van der Waals surface area (Å²) < 4.78 is 0. The molecular weight excluding hydrogens is 360 g/mol. The summed E-state index contributed by atoms with van der Waals surface area (Å²) in [5.74, 6) is 4.55. The lowest BCUT2D eigenvalue weighted by Gasteiger charge is -2.62. The van der Waals surface area contributed by atoms with Crippen LogP contribution < -0.4 is 0 Å². The number of aliphatic hydroxyl groups is 1. The van der Waals surface area contributed by atoms with E-state index in [1.165, 1.54) is 32.1 Å². The molecule has 0 aliphatic heterocycles. The van der Waals surface area contributed by atoms with E-state index in [1.807, 2.05) is 13.1 Å². The monoisotopic (exact) mass is 398 g/mol. The number of rotatable bonds is 3. The first-order chi connectivity index (χ1) is 13.8. The average Bonchev–Trinajstić information content (AvgIpc) is 3.29. The Kier molecular flexibility index (Phi) is 4.55. The third kappa shape index (κ3) is 2.96. The largest absolute Gasteiger partial charge is 0.389 e. The Morgan fingerprint density at radius 2 is 1.90 bits per heavy atom. The van der Waals surface area contributed by atoms with Crippen molar-refractivity contribution in [1.82, 2.24) is 9.97 Å². The predicted molar refractivity (Wildman–Crippen MR) is 113 cm³/mol. The van der Waals surface area contributed by atoms with Gasteiger partial charge in [0.15, 0.2) is 0 Å².